The van der Waals surface area contributed by atoms with E-state index in [0.29, 0.717) is 29.8 Å². The normalized spacial score (nSPS) is 20.9. The molecule has 1 fully saturated rings. The second-order valence-electron chi connectivity index (χ2n) is 11.5. The minimum Gasteiger partial charge on any atom is -0.462 e. The van der Waals surface area contributed by atoms with Crippen LogP contribution in [0.1, 0.15) is 70.5 Å². The zero-order chi connectivity index (χ0) is 32.3. The third kappa shape index (κ3) is 8.71. The lowest BCUT2D eigenvalue weighted by Gasteiger charge is -2.27. The molecule has 1 amide bonds. The lowest BCUT2D eigenvalue weighted by Crippen LogP contribution is -2.47. The van der Waals surface area contributed by atoms with Crippen molar-refractivity contribution >= 4 is 34.7 Å². The predicted octanol–water partition coefficient (Wildman–Crippen LogP) is 5.59. The largest absolute Gasteiger partial charge is 0.462 e. The van der Waals surface area contributed by atoms with Crippen molar-refractivity contribution in [1.29, 1.82) is 0 Å². The van der Waals surface area contributed by atoms with Gasteiger partial charge in [0.05, 0.1) is 17.6 Å². The lowest BCUT2D eigenvalue weighted by atomic mass is 10.0. The molecule has 1 aromatic carbocycles. The molecule has 0 bridgehead atoms. The van der Waals surface area contributed by atoms with Gasteiger partial charge in [-0.25, -0.2) is 19.6 Å². The summed E-state index contributed by atoms with van der Waals surface area (Å²) in [7, 11) is 0. The number of aromatic nitrogens is 3. The molecule has 0 aliphatic carbocycles. The van der Waals surface area contributed by atoms with Crippen LogP contribution in [0.25, 0.3) is 11.0 Å². The van der Waals surface area contributed by atoms with Gasteiger partial charge in [0.1, 0.15) is 43.3 Å². The van der Waals surface area contributed by atoms with Gasteiger partial charge in [0.25, 0.3) is 0 Å². The van der Waals surface area contributed by atoms with Gasteiger partial charge in [-0.3, -0.25) is 0 Å². The average molecular weight is 646 g/mol. The molecule has 13 heteroatoms. The van der Waals surface area contributed by atoms with E-state index in [0.717, 1.165) is 36.3 Å². The van der Waals surface area contributed by atoms with Crippen molar-refractivity contribution in [2.75, 3.05) is 19.8 Å². The predicted molar refractivity (Wildman–Crippen MR) is 168 cm³/mol. The molecule has 246 valence electrons. The van der Waals surface area contributed by atoms with Crippen LogP contribution in [0.2, 0.25) is 5.15 Å². The molecule has 0 radical (unpaired) electrons. The molecular formula is C32H44ClN5O7. The number of amides is 1. The lowest BCUT2D eigenvalue weighted by molar-refractivity contribution is -0.174. The van der Waals surface area contributed by atoms with E-state index in [1.54, 1.807) is 20.0 Å². The number of hydrogen-bond donors (Lipinski definition) is 3. The second-order valence-corrected chi connectivity index (χ2v) is 11.8. The van der Waals surface area contributed by atoms with E-state index in [1.165, 1.54) is 6.33 Å². The Kier molecular flexibility index (Phi) is 13.0. The molecule has 1 aliphatic heterocycles. The average Bonchev–Trinajstić information content (AvgIpc) is 3.57. The van der Waals surface area contributed by atoms with E-state index in [2.05, 4.69) is 34.1 Å². The fourth-order valence-corrected chi connectivity index (χ4v) is 5.51. The molecule has 45 heavy (non-hydrogen) atoms. The number of aromatic amines is 1. The first-order valence-electron chi connectivity index (χ1n) is 15.6. The Morgan fingerprint density at radius 1 is 1.04 bits per heavy atom. The van der Waals surface area contributed by atoms with Gasteiger partial charge in [-0.05, 0) is 24.3 Å². The minimum absolute atomic E-state index is 0.0651. The SMILES string of the molecule is CCCCO[C@@H]1[C@H](OCCCC)[C@@H](COC(=O)C(NC(=O)OCc2ccccc2)C(C)C)N(O)[C@H]1c1c[nH]c2c(Cl)ncnc12. The molecule has 0 saturated carbocycles. The van der Waals surface area contributed by atoms with Gasteiger partial charge >= 0.3 is 12.1 Å². The van der Waals surface area contributed by atoms with Crippen molar-refractivity contribution in [2.24, 2.45) is 5.92 Å². The van der Waals surface area contributed by atoms with Gasteiger partial charge in [-0.1, -0.05) is 82.5 Å². The first kappa shape index (κ1) is 34.6. The summed E-state index contributed by atoms with van der Waals surface area (Å²) in [6, 6.07) is 6.80. The zero-order valence-corrected chi connectivity index (χ0v) is 27.0. The molecule has 1 saturated heterocycles. The fraction of sp³-hybridized carbons (Fsp3) is 0.562. The highest BCUT2D eigenvalue weighted by Crippen LogP contribution is 2.42. The van der Waals surface area contributed by atoms with Crippen LogP contribution in [-0.4, -0.2) is 81.4 Å². The van der Waals surface area contributed by atoms with Crippen LogP contribution in [0.3, 0.4) is 0 Å². The number of carbonyl (C=O) groups is 2. The van der Waals surface area contributed by atoms with Crippen molar-refractivity contribution in [2.45, 2.75) is 90.3 Å². The number of esters is 1. The molecule has 12 nitrogen and oxygen atoms in total. The van der Waals surface area contributed by atoms with Gasteiger partial charge in [0.2, 0.25) is 0 Å². The maximum absolute atomic E-state index is 13.3. The van der Waals surface area contributed by atoms with Crippen LogP contribution in [0.4, 0.5) is 4.79 Å². The second kappa shape index (κ2) is 16.9. The Bertz CT molecular complexity index is 1370. The first-order chi connectivity index (χ1) is 21.8. The van der Waals surface area contributed by atoms with Crippen LogP contribution in [0.15, 0.2) is 42.9 Å². The number of nitrogens with zero attached hydrogens (tertiary/aromatic N) is 3. The zero-order valence-electron chi connectivity index (χ0n) is 26.3. The van der Waals surface area contributed by atoms with Gasteiger partial charge in [0.15, 0.2) is 5.15 Å². The van der Waals surface area contributed by atoms with E-state index in [4.69, 9.17) is 30.5 Å². The molecule has 4 rings (SSSR count). The molecule has 3 N–H and O–H groups in total. The van der Waals surface area contributed by atoms with Crippen molar-refractivity contribution in [3.63, 3.8) is 0 Å². The maximum Gasteiger partial charge on any atom is 0.408 e. The van der Waals surface area contributed by atoms with E-state index >= 15 is 0 Å². The summed E-state index contributed by atoms with van der Waals surface area (Å²) in [6.07, 6.45) is 4.58. The number of nitrogens with one attached hydrogen (secondary N) is 2. The summed E-state index contributed by atoms with van der Waals surface area (Å²) >= 11 is 6.31. The number of carbonyl (C=O) groups excluding carboxylic acids is 2. The van der Waals surface area contributed by atoms with Crippen LogP contribution < -0.4 is 5.32 Å². The number of hydrogen-bond acceptors (Lipinski definition) is 10. The van der Waals surface area contributed by atoms with Gasteiger partial charge in [-0.2, -0.15) is 5.06 Å². The van der Waals surface area contributed by atoms with Crippen molar-refractivity contribution in [3.8, 4) is 0 Å². The summed E-state index contributed by atoms with van der Waals surface area (Å²) in [5.41, 5.74) is 2.56. The minimum atomic E-state index is -0.971. The highest BCUT2D eigenvalue weighted by atomic mass is 35.5. The number of halogens is 1. The van der Waals surface area contributed by atoms with Crippen molar-refractivity contribution in [3.05, 3.63) is 59.1 Å². The third-order valence-electron chi connectivity index (χ3n) is 7.82. The Labute approximate surface area is 268 Å². The Morgan fingerprint density at radius 2 is 1.73 bits per heavy atom. The van der Waals surface area contributed by atoms with Crippen LogP contribution >= 0.6 is 11.6 Å². The number of ether oxygens (including phenoxy) is 4. The van der Waals surface area contributed by atoms with Gasteiger partial charge < -0.3 is 34.5 Å². The van der Waals surface area contributed by atoms with E-state index in [9.17, 15) is 14.8 Å². The van der Waals surface area contributed by atoms with E-state index < -0.39 is 42.4 Å². The van der Waals surface area contributed by atoms with Crippen molar-refractivity contribution in [1.82, 2.24) is 25.3 Å². The monoisotopic (exact) mass is 645 g/mol. The highest BCUT2D eigenvalue weighted by Gasteiger charge is 2.52. The van der Waals surface area contributed by atoms with Crippen LogP contribution in [-0.2, 0) is 30.3 Å². The van der Waals surface area contributed by atoms with E-state index in [-0.39, 0.29) is 24.3 Å². The Balaban J connectivity index is 1.52. The van der Waals surface area contributed by atoms with Gasteiger partial charge in [-0.15, -0.1) is 0 Å². The number of rotatable bonds is 16. The molecule has 5 atom stereocenters. The standard InChI is InChI=1S/C32H44ClN5O7/c1-5-7-14-42-28-23(18-44-31(39)24(20(3)4)37-32(40)45-17-21-12-10-9-11-13-21)38(41)27(29(28)43-15-8-6-2)22-16-34-26-25(22)35-19-36-30(26)33/h9-13,16,19-20,23-24,27-29,34,41H,5-8,14-15,17-18H2,1-4H3,(H,37,40)/t23-,24?,27+,28-,29+/m1/s1. The number of hydroxylamine groups is 2. The number of fused-ring (bicyclic) bond motifs is 1. The molecule has 3 heterocycles. The van der Waals surface area contributed by atoms with Crippen LogP contribution in [0.5, 0.6) is 0 Å². The number of H-pyrrole nitrogens is 1. The Morgan fingerprint density at radius 3 is 2.40 bits per heavy atom. The summed E-state index contributed by atoms with van der Waals surface area (Å²) < 4.78 is 23.8. The Hall–Kier alpha value is -3.29. The van der Waals surface area contributed by atoms with Crippen LogP contribution in [0, 0.1) is 5.92 Å². The smallest absolute Gasteiger partial charge is 0.408 e. The third-order valence-corrected chi connectivity index (χ3v) is 8.11. The maximum atomic E-state index is 13.3. The highest BCUT2D eigenvalue weighted by molar-refractivity contribution is 6.33. The number of unbranched alkanes of at least 4 members (excludes halogenated alkanes) is 2. The number of benzene rings is 1. The molecule has 0 spiro atoms. The molecule has 1 aliphatic rings. The molecule has 3 aromatic rings. The first-order valence-corrected chi connectivity index (χ1v) is 16.0. The summed E-state index contributed by atoms with van der Waals surface area (Å²) in [6.45, 7) is 8.47. The van der Waals surface area contributed by atoms with E-state index in [1.807, 2.05) is 30.3 Å². The molecule has 1 unspecified atom stereocenters. The quantitative estimate of drug-likeness (QED) is 0.102. The summed E-state index contributed by atoms with van der Waals surface area (Å²) in [5, 5.41) is 15.7. The van der Waals surface area contributed by atoms with Crippen molar-refractivity contribution < 1.29 is 33.7 Å². The fourth-order valence-electron chi connectivity index (χ4n) is 5.32. The summed E-state index contributed by atoms with van der Waals surface area (Å²) in [5.74, 6) is -0.943. The van der Waals surface area contributed by atoms with Gasteiger partial charge in [0, 0.05) is 25.0 Å². The number of alkyl carbamates (subject to hydrolysis) is 1. The molecular weight excluding hydrogens is 602 g/mol. The summed E-state index contributed by atoms with van der Waals surface area (Å²) in [4.78, 5) is 37.5. The molecule has 2 aromatic heterocycles. The topological polar surface area (TPSA) is 148 Å².